The van der Waals surface area contributed by atoms with Crippen LogP contribution in [0.1, 0.15) is 99.1 Å². The zero-order valence-corrected chi connectivity index (χ0v) is 19.1. The molecule has 0 radical (unpaired) electrons. The van der Waals surface area contributed by atoms with Crippen molar-refractivity contribution >= 4 is 0 Å². The Bertz CT molecular complexity index is 458. The van der Waals surface area contributed by atoms with Gasteiger partial charge < -0.3 is 0 Å². The molecule has 0 nitrogen and oxygen atoms in total. The van der Waals surface area contributed by atoms with Crippen molar-refractivity contribution in [2.45, 2.75) is 100 Å². The summed E-state index contributed by atoms with van der Waals surface area (Å²) in [5, 5.41) is 0. The fourth-order valence-corrected chi connectivity index (χ4v) is 2.42. The zero-order valence-electron chi connectivity index (χ0n) is 19.1. The Kier molecular flexibility index (Phi) is 13.9. The molecule has 0 bridgehead atoms. The van der Waals surface area contributed by atoms with Crippen LogP contribution in [-0.4, -0.2) is 6.67 Å². The van der Waals surface area contributed by atoms with Crippen molar-refractivity contribution in [1.29, 1.82) is 0 Å². The van der Waals surface area contributed by atoms with E-state index in [0.717, 1.165) is 11.5 Å². The highest BCUT2D eigenvalue weighted by atomic mass is 19.1. The predicted molar refractivity (Wildman–Crippen MR) is 114 cm³/mol. The fraction of sp³-hybridized carbons (Fsp3) is 0.750. The highest BCUT2D eigenvalue weighted by Gasteiger charge is 2.33. The largest absolute Gasteiger partial charge is 0.251 e. The van der Waals surface area contributed by atoms with E-state index in [2.05, 4.69) is 55.4 Å². The van der Waals surface area contributed by atoms with Crippen molar-refractivity contribution in [2.24, 2.45) is 11.3 Å². The molecular formula is C24H44F2. The van der Waals surface area contributed by atoms with Gasteiger partial charge in [0.2, 0.25) is 0 Å². The molecule has 0 atom stereocenters. The molecule has 0 aliphatic heterocycles. The Morgan fingerprint density at radius 3 is 1.58 bits per heavy atom. The predicted octanol–water partition coefficient (Wildman–Crippen LogP) is 8.66. The molecule has 1 fully saturated rings. The maximum absolute atomic E-state index is 12.7. The summed E-state index contributed by atoms with van der Waals surface area (Å²) in [4.78, 5) is 0. The van der Waals surface area contributed by atoms with Crippen LogP contribution in [0.3, 0.4) is 0 Å². The topological polar surface area (TPSA) is 0 Å². The summed E-state index contributed by atoms with van der Waals surface area (Å²) >= 11 is 0. The van der Waals surface area contributed by atoms with E-state index < -0.39 is 0 Å². The van der Waals surface area contributed by atoms with Crippen LogP contribution in [0.5, 0.6) is 0 Å². The van der Waals surface area contributed by atoms with Crippen LogP contribution in [-0.2, 0) is 5.41 Å². The molecule has 1 aromatic rings. The number of halogens is 2. The van der Waals surface area contributed by atoms with Gasteiger partial charge in [0.15, 0.2) is 0 Å². The van der Waals surface area contributed by atoms with Gasteiger partial charge in [0, 0.05) is 0 Å². The molecule has 0 aromatic heterocycles. The van der Waals surface area contributed by atoms with Gasteiger partial charge in [0.05, 0.1) is 6.67 Å². The first-order valence-corrected chi connectivity index (χ1v) is 10.2. The first kappa shape index (κ1) is 27.3. The molecule has 0 saturated heterocycles. The van der Waals surface area contributed by atoms with Gasteiger partial charge in [-0.15, -0.1) is 0 Å². The molecule has 1 saturated carbocycles. The van der Waals surface area contributed by atoms with E-state index in [1.54, 1.807) is 13.0 Å². The highest BCUT2D eigenvalue weighted by Crippen LogP contribution is 2.44. The van der Waals surface area contributed by atoms with Gasteiger partial charge in [-0.2, -0.15) is 0 Å². The van der Waals surface area contributed by atoms with Crippen molar-refractivity contribution in [2.75, 3.05) is 6.67 Å². The van der Waals surface area contributed by atoms with Crippen LogP contribution < -0.4 is 0 Å². The molecule has 2 heteroatoms. The Balaban J connectivity index is 0. The van der Waals surface area contributed by atoms with E-state index in [-0.39, 0.29) is 17.9 Å². The SMILES string of the molecule is CC(C)(C)C1CC1.CCC.CCCF.Cc1cc(F)ccc1C(C)(C)C. The molecule has 0 heterocycles. The maximum atomic E-state index is 12.7. The number of hydrogen-bond acceptors (Lipinski definition) is 0. The van der Waals surface area contributed by atoms with Crippen molar-refractivity contribution in [3.8, 4) is 0 Å². The number of benzene rings is 1. The summed E-state index contributed by atoms with van der Waals surface area (Å²) in [6, 6.07) is 4.97. The van der Waals surface area contributed by atoms with Gasteiger partial charge >= 0.3 is 0 Å². The summed E-state index contributed by atoms with van der Waals surface area (Å²) < 4.78 is 23.5. The van der Waals surface area contributed by atoms with Gasteiger partial charge in [0.25, 0.3) is 0 Å². The Morgan fingerprint density at radius 1 is 0.962 bits per heavy atom. The number of rotatable bonds is 1. The number of alkyl halides is 1. The van der Waals surface area contributed by atoms with Crippen LogP contribution >= 0.6 is 0 Å². The van der Waals surface area contributed by atoms with Crippen molar-refractivity contribution in [3.05, 3.63) is 35.1 Å². The van der Waals surface area contributed by atoms with Gasteiger partial charge in [0.1, 0.15) is 5.82 Å². The third-order valence-corrected chi connectivity index (χ3v) is 3.99. The molecular weight excluding hydrogens is 326 g/mol. The minimum atomic E-state index is -0.181. The minimum absolute atomic E-state index is 0.109. The lowest BCUT2D eigenvalue weighted by molar-refractivity contribution is 0.351. The van der Waals surface area contributed by atoms with Gasteiger partial charge in [-0.05, 0) is 66.2 Å². The third kappa shape index (κ3) is 14.3. The molecule has 0 unspecified atom stereocenters. The lowest BCUT2D eigenvalue weighted by Crippen LogP contribution is -2.12. The van der Waals surface area contributed by atoms with Crippen molar-refractivity contribution in [1.82, 2.24) is 0 Å². The standard InChI is InChI=1S/C11H15F.C7H14.C3H7F.C3H8/c1-8-7-9(12)5-6-10(8)11(2,3)4;1-7(2,3)6-4-5-6;1-2-3-4;1-3-2/h5-7H,1-4H3;6H,4-5H2,1-3H3;2-3H2,1H3;3H2,1-2H3. The van der Waals surface area contributed by atoms with Crippen molar-refractivity contribution in [3.63, 3.8) is 0 Å². The molecule has 0 amide bonds. The zero-order chi connectivity index (χ0) is 21.0. The van der Waals surface area contributed by atoms with Crippen LogP contribution in [0.4, 0.5) is 8.78 Å². The molecule has 1 aliphatic carbocycles. The average Bonchev–Trinajstić information content (AvgIpc) is 3.31. The maximum Gasteiger partial charge on any atom is 0.123 e. The second-order valence-corrected chi connectivity index (χ2v) is 9.25. The van der Waals surface area contributed by atoms with E-state index in [4.69, 9.17) is 0 Å². The van der Waals surface area contributed by atoms with Crippen LogP contribution in [0.15, 0.2) is 18.2 Å². The van der Waals surface area contributed by atoms with Crippen LogP contribution in [0.25, 0.3) is 0 Å². The van der Waals surface area contributed by atoms with E-state index in [1.165, 1.54) is 30.9 Å². The summed E-state index contributed by atoms with van der Waals surface area (Å²) in [5.41, 5.74) is 2.96. The Morgan fingerprint density at radius 2 is 1.38 bits per heavy atom. The number of aryl methyl sites for hydroxylation is 1. The first-order valence-electron chi connectivity index (χ1n) is 10.2. The molecule has 0 spiro atoms. The summed E-state index contributed by atoms with van der Waals surface area (Å²) in [6.45, 7) is 21.2. The fourth-order valence-electron chi connectivity index (χ4n) is 2.42. The normalized spacial score (nSPS) is 13.4. The molecule has 2 rings (SSSR count). The summed E-state index contributed by atoms with van der Waals surface area (Å²) in [7, 11) is 0. The summed E-state index contributed by atoms with van der Waals surface area (Å²) in [6.07, 6.45) is 4.85. The van der Waals surface area contributed by atoms with Gasteiger partial charge in [-0.3, -0.25) is 4.39 Å². The molecule has 0 N–H and O–H groups in total. The van der Waals surface area contributed by atoms with Gasteiger partial charge in [-0.1, -0.05) is 74.8 Å². The van der Waals surface area contributed by atoms with Crippen LogP contribution in [0, 0.1) is 24.1 Å². The van der Waals surface area contributed by atoms with E-state index in [0.29, 0.717) is 11.8 Å². The highest BCUT2D eigenvalue weighted by molar-refractivity contribution is 5.32. The lowest BCUT2D eigenvalue weighted by Gasteiger charge is -2.21. The average molecular weight is 371 g/mol. The minimum Gasteiger partial charge on any atom is -0.251 e. The quantitative estimate of drug-likeness (QED) is 0.464. The number of hydrogen-bond donors (Lipinski definition) is 0. The van der Waals surface area contributed by atoms with E-state index >= 15 is 0 Å². The summed E-state index contributed by atoms with van der Waals surface area (Å²) in [5.74, 6) is 0.896. The second-order valence-electron chi connectivity index (χ2n) is 9.25. The van der Waals surface area contributed by atoms with Crippen molar-refractivity contribution < 1.29 is 8.78 Å². The third-order valence-electron chi connectivity index (χ3n) is 3.99. The molecule has 154 valence electrons. The smallest absolute Gasteiger partial charge is 0.123 e. The molecule has 26 heavy (non-hydrogen) atoms. The second kappa shape index (κ2) is 13.3. The van der Waals surface area contributed by atoms with E-state index in [9.17, 15) is 8.78 Å². The lowest BCUT2D eigenvalue weighted by atomic mass is 9.84. The van der Waals surface area contributed by atoms with Crippen LogP contribution in [0.2, 0.25) is 0 Å². The molecule has 1 aliphatic rings. The van der Waals surface area contributed by atoms with E-state index in [1.807, 2.05) is 13.0 Å². The van der Waals surface area contributed by atoms with Gasteiger partial charge in [-0.25, -0.2) is 4.39 Å². The Labute approximate surface area is 162 Å². The monoisotopic (exact) mass is 370 g/mol. The first-order chi connectivity index (χ1) is 11.8. The Hall–Kier alpha value is -0.920. The molecule has 1 aromatic carbocycles.